The molecule has 0 aliphatic carbocycles. The van der Waals surface area contributed by atoms with Crippen molar-refractivity contribution in [3.63, 3.8) is 0 Å². The third-order valence-electron chi connectivity index (χ3n) is 2.72. The fourth-order valence-electron chi connectivity index (χ4n) is 1.62. The first-order valence-corrected chi connectivity index (χ1v) is 5.79. The zero-order chi connectivity index (χ0) is 13.7. The highest BCUT2D eigenvalue weighted by molar-refractivity contribution is 5.96. The fraction of sp³-hybridized carbons (Fsp3) is 0.462. The van der Waals surface area contributed by atoms with Gasteiger partial charge in [-0.15, -0.1) is 0 Å². The third-order valence-corrected chi connectivity index (χ3v) is 2.72. The van der Waals surface area contributed by atoms with E-state index >= 15 is 0 Å². The number of methoxy groups -OCH3 is 1. The number of ether oxygens (including phenoxy) is 1. The maximum Gasteiger partial charge on any atom is 0.339 e. The summed E-state index contributed by atoms with van der Waals surface area (Å²) in [6, 6.07) is 5.19. The number of benzene rings is 1. The van der Waals surface area contributed by atoms with Crippen LogP contribution in [-0.4, -0.2) is 52.2 Å². The van der Waals surface area contributed by atoms with Crippen LogP contribution in [0.1, 0.15) is 10.4 Å². The van der Waals surface area contributed by atoms with Gasteiger partial charge in [0, 0.05) is 25.8 Å². The SMILES string of the molecule is COC(=O)c1ccc(N)cc1N(C)CCN(C)C. The number of esters is 1. The Bertz CT molecular complexity index is 419. The summed E-state index contributed by atoms with van der Waals surface area (Å²) in [4.78, 5) is 15.8. The summed E-state index contributed by atoms with van der Waals surface area (Å²) in [5, 5.41) is 0. The van der Waals surface area contributed by atoms with Crippen molar-refractivity contribution >= 4 is 17.3 Å². The molecule has 0 aliphatic heterocycles. The second-order valence-electron chi connectivity index (χ2n) is 4.49. The van der Waals surface area contributed by atoms with Crippen molar-refractivity contribution in [2.45, 2.75) is 0 Å². The van der Waals surface area contributed by atoms with Crippen LogP contribution >= 0.6 is 0 Å². The number of nitrogens with zero attached hydrogens (tertiary/aromatic N) is 2. The average Bonchev–Trinajstić information content (AvgIpc) is 2.34. The highest BCUT2D eigenvalue weighted by Gasteiger charge is 2.15. The number of anilines is 2. The molecule has 0 saturated heterocycles. The molecule has 2 N–H and O–H groups in total. The van der Waals surface area contributed by atoms with Crippen molar-refractivity contribution in [2.24, 2.45) is 0 Å². The van der Waals surface area contributed by atoms with E-state index in [1.165, 1.54) is 7.11 Å². The van der Waals surface area contributed by atoms with E-state index in [4.69, 9.17) is 10.5 Å². The fourth-order valence-corrected chi connectivity index (χ4v) is 1.62. The van der Waals surface area contributed by atoms with E-state index in [1.807, 2.05) is 26.0 Å². The van der Waals surface area contributed by atoms with Gasteiger partial charge in [-0.3, -0.25) is 0 Å². The lowest BCUT2D eigenvalue weighted by atomic mass is 10.1. The van der Waals surface area contributed by atoms with Gasteiger partial charge >= 0.3 is 5.97 Å². The summed E-state index contributed by atoms with van der Waals surface area (Å²) in [6.45, 7) is 1.70. The molecule has 0 spiro atoms. The molecule has 0 amide bonds. The Labute approximate surface area is 108 Å². The lowest BCUT2D eigenvalue weighted by molar-refractivity contribution is 0.0601. The summed E-state index contributed by atoms with van der Waals surface area (Å²) in [5.74, 6) is -0.346. The molecular weight excluding hydrogens is 230 g/mol. The third kappa shape index (κ3) is 3.63. The van der Waals surface area contributed by atoms with Crippen LogP contribution in [0, 0.1) is 0 Å². The van der Waals surface area contributed by atoms with Crippen LogP contribution in [0.15, 0.2) is 18.2 Å². The monoisotopic (exact) mass is 251 g/mol. The minimum Gasteiger partial charge on any atom is -0.465 e. The van der Waals surface area contributed by atoms with Crippen LogP contribution in [0.3, 0.4) is 0 Å². The Balaban J connectivity index is 2.97. The predicted molar refractivity (Wildman–Crippen MR) is 74.0 cm³/mol. The maximum atomic E-state index is 11.7. The lowest BCUT2D eigenvalue weighted by Gasteiger charge is -2.23. The summed E-state index contributed by atoms with van der Waals surface area (Å²) >= 11 is 0. The van der Waals surface area contributed by atoms with E-state index in [-0.39, 0.29) is 5.97 Å². The standard InChI is InChI=1S/C13H21N3O2/c1-15(2)7-8-16(3)12-9-10(14)5-6-11(12)13(17)18-4/h5-6,9H,7-8,14H2,1-4H3. The Hall–Kier alpha value is -1.75. The van der Waals surface area contributed by atoms with E-state index in [1.54, 1.807) is 18.2 Å². The van der Waals surface area contributed by atoms with Gasteiger partial charge in [-0.25, -0.2) is 4.79 Å². The first kappa shape index (κ1) is 14.3. The maximum absolute atomic E-state index is 11.7. The molecule has 0 unspecified atom stereocenters. The molecule has 5 nitrogen and oxygen atoms in total. The van der Waals surface area contributed by atoms with Crippen molar-refractivity contribution in [3.8, 4) is 0 Å². The number of nitrogens with two attached hydrogens (primary N) is 1. The smallest absolute Gasteiger partial charge is 0.339 e. The molecule has 0 radical (unpaired) electrons. The largest absolute Gasteiger partial charge is 0.465 e. The van der Waals surface area contributed by atoms with Crippen molar-refractivity contribution in [1.82, 2.24) is 4.90 Å². The van der Waals surface area contributed by atoms with Crippen LogP contribution in [0.25, 0.3) is 0 Å². The molecule has 0 fully saturated rings. The number of carbonyl (C=O) groups is 1. The summed E-state index contributed by atoms with van der Waals surface area (Å²) in [5.41, 5.74) is 7.74. The van der Waals surface area contributed by atoms with Gasteiger partial charge in [-0.2, -0.15) is 0 Å². The van der Waals surface area contributed by atoms with Gasteiger partial charge in [0.15, 0.2) is 0 Å². The van der Waals surface area contributed by atoms with E-state index < -0.39 is 0 Å². The van der Waals surface area contributed by atoms with Gasteiger partial charge in [0.1, 0.15) is 0 Å². The number of carbonyl (C=O) groups excluding carboxylic acids is 1. The Kier molecular flexibility index (Phi) is 4.97. The molecule has 0 aliphatic rings. The van der Waals surface area contributed by atoms with Crippen LogP contribution in [0.5, 0.6) is 0 Å². The Morgan fingerprint density at radius 1 is 1.28 bits per heavy atom. The van der Waals surface area contributed by atoms with E-state index in [0.717, 1.165) is 18.8 Å². The second-order valence-corrected chi connectivity index (χ2v) is 4.49. The minimum absolute atomic E-state index is 0.346. The molecule has 1 rings (SSSR count). The molecule has 0 saturated carbocycles. The van der Waals surface area contributed by atoms with Gasteiger partial charge in [0.25, 0.3) is 0 Å². The van der Waals surface area contributed by atoms with Gasteiger partial charge in [0.2, 0.25) is 0 Å². The molecular formula is C13H21N3O2. The number of hydrogen-bond donors (Lipinski definition) is 1. The number of nitrogen functional groups attached to an aromatic ring is 1. The first-order valence-electron chi connectivity index (χ1n) is 5.79. The topological polar surface area (TPSA) is 58.8 Å². The zero-order valence-corrected chi connectivity index (χ0v) is 11.4. The number of hydrogen-bond acceptors (Lipinski definition) is 5. The number of rotatable bonds is 5. The molecule has 0 heterocycles. The predicted octanol–water partition coefficient (Wildman–Crippen LogP) is 1.05. The quantitative estimate of drug-likeness (QED) is 0.626. The molecule has 100 valence electrons. The van der Waals surface area contributed by atoms with Gasteiger partial charge in [0.05, 0.1) is 18.4 Å². The van der Waals surface area contributed by atoms with Gasteiger partial charge in [-0.05, 0) is 32.3 Å². The molecule has 0 aromatic heterocycles. The normalized spacial score (nSPS) is 10.5. The van der Waals surface area contributed by atoms with Crippen molar-refractivity contribution in [2.75, 3.05) is 52.0 Å². The zero-order valence-electron chi connectivity index (χ0n) is 11.4. The lowest BCUT2D eigenvalue weighted by Crippen LogP contribution is -2.29. The highest BCUT2D eigenvalue weighted by atomic mass is 16.5. The molecule has 18 heavy (non-hydrogen) atoms. The first-order chi connectivity index (χ1) is 8.45. The van der Waals surface area contributed by atoms with E-state index in [0.29, 0.717) is 11.3 Å². The summed E-state index contributed by atoms with van der Waals surface area (Å²) in [7, 11) is 7.33. The Morgan fingerprint density at radius 3 is 2.50 bits per heavy atom. The second kappa shape index (κ2) is 6.26. The highest BCUT2D eigenvalue weighted by Crippen LogP contribution is 2.23. The average molecular weight is 251 g/mol. The van der Waals surface area contributed by atoms with Crippen molar-refractivity contribution in [1.29, 1.82) is 0 Å². The van der Waals surface area contributed by atoms with E-state index in [2.05, 4.69) is 4.90 Å². The number of likely N-dealkylation sites (N-methyl/N-ethyl adjacent to an activating group) is 2. The Morgan fingerprint density at radius 2 is 1.94 bits per heavy atom. The summed E-state index contributed by atoms with van der Waals surface area (Å²) in [6.07, 6.45) is 0. The van der Waals surface area contributed by atoms with E-state index in [9.17, 15) is 4.79 Å². The minimum atomic E-state index is -0.346. The van der Waals surface area contributed by atoms with Crippen LogP contribution in [-0.2, 0) is 4.74 Å². The van der Waals surface area contributed by atoms with Crippen LogP contribution in [0.2, 0.25) is 0 Å². The summed E-state index contributed by atoms with van der Waals surface area (Å²) < 4.78 is 4.78. The van der Waals surface area contributed by atoms with Gasteiger partial charge < -0.3 is 20.3 Å². The van der Waals surface area contributed by atoms with Crippen LogP contribution in [0.4, 0.5) is 11.4 Å². The molecule has 1 aromatic rings. The molecule has 1 aromatic carbocycles. The van der Waals surface area contributed by atoms with Crippen molar-refractivity contribution < 1.29 is 9.53 Å². The molecule has 0 bridgehead atoms. The van der Waals surface area contributed by atoms with Gasteiger partial charge in [-0.1, -0.05) is 0 Å². The molecule has 0 atom stereocenters. The van der Waals surface area contributed by atoms with Crippen LogP contribution < -0.4 is 10.6 Å². The molecule has 5 heteroatoms. The van der Waals surface area contributed by atoms with Crippen molar-refractivity contribution in [3.05, 3.63) is 23.8 Å².